The van der Waals surface area contributed by atoms with Gasteiger partial charge in [-0.15, -0.1) is 0 Å². The van der Waals surface area contributed by atoms with Crippen LogP contribution in [0.25, 0.3) is 10.9 Å². The van der Waals surface area contributed by atoms with E-state index in [9.17, 15) is 38.4 Å². The van der Waals surface area contributed by atoms with Crippen LogP contribution >= 0.6 is 0 Å². The lowest BCUT2D eigenvalue weighted by atomic mass is 9.89. The first-order valence-electron chi connectivity index (χ1n) is 22.8. The van der Waals surface area contributed by atoms with Crippen molar-refractivity contribution in [3.63, 3.8) is 0 Å². The van der Waals surface area contributed by atoms with Gasteiger partial charge in [0.1, 0.15) is 18.8 Å². The Morgan fingerprint density at radius 3 is 2.29 bits per heavy atom. The molecule has 3 atom stereocenters. The summed E-state index contributed by atoms with van der Waals surface area (Å²) in [6.07, 6.45) is 6.36. The molecule has 0 unspecified atom stereocenters. The average Bonchev–Trinajstić information content (AvgIpc) is 3.58. The summed E-state index contributed by atoms with van der Waals surface area (Å²) in [5.41, 5.74) is 7.11. The molecular weight excluding hydrogens is 852 g/mol. The quantitative estimate of drug-likeness (QED) is 0.0513. The van der Waals surface area contributed by atoms with Crippen LogP contribution in [0.4, 0.5) is 20.6 Å². The van der Waals surface area contributed by atoms with E-state index in [2.05, 4.69) is 23.0 Å². The van der Waals surface area contributed by atoms with E-state index in [0.717, 1.165) is 10.5 Å². The second-order valence-electron chi connectivity index (χ2n) is 18.4. The SMILES string of the molecule is CC(=O)c1cn2c3c(c(N4CC[N+](C)(Cc5ccc(NC(=O)[C@H](CCCNC(N)=O)CC(=O)[C@@H](NC(=O)CCCCCN6C(=O)C=CC6=O)C(C)C)cc5)CC4)c(F)cc3c1=O)OC[C@@H]2C. The molecule has 4 heterocycles. The monoisotopic (exact) mass is 913 g/mol. The maximum Gasteiger partial charge on any atom is 0.312 e. The van der Waals surface area contributed by atoms with Gasteiger partial charge in [-0.3, -0.25) is 38.5 Å². The van der Waals surface area contributed by atoms with Crippen molar-refractivity contribution in [2.24, 2.45) is 17.6 Å². The van der Waals surface area contributed by atoms with Gasteiger partial charge in [-0.05, 0) is 63.6 Å². The summed E-state index contributed by atoms with van der Waals surface area (Å²) in [5.74, 6) is -3.32. The van der Waals surface area contributed by atoms with Crippen LogP contribution in [0.2, 0.25) is 0 Å². The third-order valence-corrected chi connectivity index (χ3v) is 12.8. The summed E-state index contributed by atoms with van der Waals surface area (Å²) in [5, 5.41) is 8.44. The summed E-state index contributed by atoms with van der Waals surface area (Å²) in [6.45, 7) is 10.7. The Morgan fingerprint density at radius 1 is 0.970 bits per heavy atom. The first-order chi connectivity index (χ1) is 31.3. The fourth-order valence-corrected chi connectivity index (χ4v) is 8.97. The molecule has 5 N–H and O–H groups in total. The molecule has 0 spiro atoms. The number of nitrogens with zero attached hydrogens (tertiary/aromatic N) is 4. The normalized spacial score (nSPS) is 17.4. The maximum atomic E-state index is 16.0. The predicted molar refractivity (Wildman–Crippen MR) is 246 cm³/mol. The molecular formula is C48H62FN8O9+. The highest BCUT2D eigenvalue weighted by atomic mass is 19.1. The van der Waals surface area contributed by atoms with Crippen LogP contribution in [0.15, 0.2) is 53.5 Å². The van der Waals surface area contributed by atoms with Crippen LogP contribution in [0.3, 0.4) is 0 Å². The van der Waals surface area contributed by atoms with Crippen molar-refractivity contribution in [2.75, 3.05) is 63.1 Å². The summed E-state index contributed by atoms with van der Waals surface area (Å²) >= 11 is 0. The van der Waals surface area contributed by atoms with E-state index in [-0.39, 0.29) is 97.1 Å². The number of likely N-dealkylation sites (N-methyl/N-ethyl adjacent to an activating group) is 1. The van der Waals surface area contributed by atoms with Crippen molar-refractivity contribution >= 4 is 63.5 Å². The first kappa shape index (κ1) is 49.0. The molecule has 3 aliphatic rings. The van der Waals surface area contributed by atoms with E-state index in [0.29, 0.717) is 85.5 Å². The number of hydrogen-bond donors (Lipinski definition) is 4. The molecule has 3 aromatic rings. The Labute approximate surface area is 383 Å². The lowest BCUT2D eigenvalue weighted by Crippen LogP contribution is -2.57. The Kier molecular flexibility index (Phi) is 15.8. The zero-order valence-corrected chi connectivity index (χ0v) is 38.5. The van der Waals surface area contributed by atoms with Crippen LogP contribution in [0.5, 0.6) is 5.75 Å². The molecule has 6 rings (SSSR count). The van der Waals surface area contributed by atoms with Crippen molar-refractivity contribution < 1.29 is 47.2 Å². The number of amides is 6. The van der Waals surface area contributed by atoms with Gasteiger partial charge in [0.15, 0.2) is 28.6 Å². The number of halogens is 1. The molecule has 6 amide bonds. The predicted octanol–water partition coefficient (Wildman–Crippen LogP) is 4.35. The molecule has 17 nitrogen and oxygen atoms in total. The van der Waals surface area contributed by atoms with Gasteiger partial charge in [-0.2, -0.15) is 0 Å². The number of unbranched alkanes of at least 4 members (excludes halogenated alkanes) is 2. The number of quaternary nitrogens is 1. The number of primary amides is 1. The molecule has 2 aromatic carbocycles. The highest BCUT2D eigenvalue weighted by Crippen LogP contribution is 2.42. The largest absolute Gasteiger partial charge is 0.487 e. The van der Waals surface area contributed by atoms with Gasteiger partial charge in [0, 0.05) is 61.4 Å². The first-order valence-corrected chi connectivity index (χ1v) is 22.8. The summed E-state index contributed by atoms with van der Waals surface area (Å²) < 4.78 is 24.6. The van der Waals surface area contributed by atoms with E-state index in [4.69, 9.17) is 10.5 Å². The van der Waals surface area contributed by atoms with Crippen LogP contribution in [0, 0.1) is 17.7 Å². The number of nitrogens with two attached hydrogens (primary N) is 1. The van der Waals surface area contributed by atoms with Crippen LogP contribution in [0.1, 0.15) is 94.6 Å². The molecule has 354 valence electrons. The lowest BCUT2D eigenvalue weighted by Gasteiger charge is -2.43. The number of carbonyl (C=O) groups excluding carboxylic acids is 7. The Bertz CT molecular complexity index is 2440. The van der Waals surface area contributed by atoms with Gasteiger partial charge >= 0.3 is 6.03 Å². The van der Waals surface area contributed by atoms with Crippen molar-refractivity contribution in [3.8, 4) is 5.75 Å². The minimum atomic E-state index is -0.828. The number of carbonyl (C=O) groups is 7. The van der Waals surface area contributed by atoms with Crippen LogP contribution in [-0.2, 0) is 30.5 Å². The Hall–Kier alpha value is -6.43. The number of aromatic nitrogens is 1. The number of urea groups is 1. The Balaban J connectivity index is 1.04. The van der Waals surface area contributed by atoms with E-state index >= 15 is 4.39 Å². The molecule has 1 aromatic heterocycles. The number of ether oxygens (including phenoxy) is 1. The van der Waals surface area contributed by atoms with E-state index in [1.807, 2.05) is 54.5 Å². The molecule has 0 bridgehead atoms. The molecule has 1 saturated heterocycles. The number of imide groups is 1. The Morgan fingerprint density at radius 2 is 1.65 bits per heavy atom. The lowest BCUT2D eigenvalue weighted by molar-refractivity contribution is -0.923. The molecule has 0 radical (unpaired) electrons. The van der Waals surface area contributed by atoms with E-state index in [1.54, 1.807) is 6.20 Å². The topological polar surface area (TPSA) is 219 Å². The number of anilines is 2. The standard InChI is InChI=1S/C48H61FN8O9/c1-29(2)42(53-39(60)11-7-6-8-19-55-40(61)16-17-41(55)62)38(59)24-33(10-9-18-51-48(50)65)47(64)52-34-14-12-32(13-15-34)27-57(5)22-20-54(21-23-57)44-37(49)25-35-43-46(44)66-28-30(3)56(43)26-36(31(4)58)45(35)63/h12-17,25-26,29-30,33,42H,6-11,18-24,27-28H2,1-5H3,(H4-,50,51,52,53,60,64,65)/p+1/t30-,33+,42-/m0/s1. The zero-order chi connectivity index (χ0) is 47.9. The molecule has 3 aliphatic heterocycles. The number of Topliss-reactive ketones (excluding diaryl/α,β-unsaturated/α-hetero) is 2. The highest BCUT2D eigenvalue weighted by molar-refractivity contribution is 6.12. The molecule has 0 aliphatic carbocycles. The third-order valence-electron chi connectivity index (χ3n) is 12.8. The van der Waals surface area contributed by atoms with E-state index < -0.39 is 29.2 Å². The second-order valence-corrected chi connectivity index (χ2v) is 18.4. The molecule has 1 fully saturated rings. The highest BCUT2D eigenvalue weighted by Gasteiger charge is 2.35. The number of hydrogen-bond acceptors (Lipinski definition) is 10. The number of pyridine rings is 1. The van der Waals surface area contributed by atoms with Gasteiger partial charge in [0.2, 0.25) is 11.8 Å². The number of benzene rings is 2. The third kappa shape index (κ3) is 11.7. The van der Waals surface area contributed by atoms with Crippen LogP contribution < -0.4 is 36.7 Å². The van der Waals surface area contributed by atoms with Crippen molar-refractivity contribution in [1.82, 2.24) is 20.1 Å². The van der Waals surface area contributed by atoms with Gasteiger partial charge in [0.05, 0.1) is 61.8 Å². The summed E-state index contributed by atoms with van der Waals surface area (Å²) in [7, 11) is 2.14. The summed E-state index contributed by atoms with van der Waals surface area (Å²) in [4.78, 5) is 104. The number of piperazine rings is 1. The van der Waals surface area contributed by atoms with Crippen LogP contribution in [-0.4, -0.2) is 114 Å². The fraction of sp³-hybridized carbons (Fsp3) is 0.500. The minimum Gasteiger partial charge on any atom is -0.487 e. The fourth-order valence-electron chi connectivity index (χ4n) is 8.97. The second kappa shape index (κ2) is 21.3. The van der Waals surface area contributed by atoms with Gasteiger partial charge in [-0.1, -0.05) is 32.4 Å². The van der Waals surface area contributed by atoms with Gasteiger partial charge < -0.3 is 40.4 Å². The molecule has 0 saturated carbocycles. The molecule has 66 heavy (non-hydrogen) atoms. The maximum absolute atomic E-state index is 16.0. The summed E-state index contributed by atoms with van der Waals surface area (Å²) in [6, 6.07) is 7.03. The van der Waals surface area contributed by atoms with Crippen molar-refractivity contribution in [2.45, 2.75) is 91.3 Å². The minimum absolute atomic E-state index is 0.0202. The van der Waals surface area contributed by atoms with Crippen molar-refractivity contribution in [3.05, 3.63) is 75.8 Å². The van der Waals surface area contributed by atoms with Gasteiger partial charge in [0.25, 0.3) is 11.8 Å². The number of nitrogens with one attached hydrogen (secondary N) is 3. The smallest absolute Gasteiger partial charge is 0.312 e. The molecule has 18 heteroatoms. The average molecular weight is 914 g/mol. The number of ketones is 2. The van der Waals surface area contributed by atoms with Gasteiger partial charge in [-0.25, -0.2) is 9.18 Å². The zero-order valence-electron chi connectivity index (χ0n) is 38.5. The van der Waals surface area contributed by atoms with E-state index in [1.165, 1.54) is 25.1 Å². The number of rotatable bonds is 21. The van der Waals surface area contributed by atoms with Crippen molar-refractivity contribution in [1.29, 1.82) is 0 Å².